The van der Waals surface area contributed by atoms with E-state index in [-0.39, 0.29) is 12.4 Å². The largest absolute Gasteiger partial charge is 0.319 e. The predicted molar refractivity (Wildman–Crippen MR) is 86.4 cm³/mol. The second-order valence-electron chi connectivity index (χ2n) is 4.70. The van der Waals surface area contributed by atoms with E-state index in [2.05, 4.69) is 60.3 Å². The molecule has 1 heterocycles. The minimum atomic E-state index is 0. The highest BCUT2D eigenvalue weighted by Crippen LogP contribution is 2.25. The van der Waals surface area contributed by atoms with Crippen LogP contribution in [0.15, 0.2) is 27.1 Å². The summed E-state index contributed by atoms with van der Waals surface area (Å²) in [7, 11) is 2.04. The van der Waals surface area contributed by atoms with Crippen molar-refractivity contribution in [2.45, 2.75) is 13.0 Å². The Morgan fingerprint density at radius 1 is 1.33 bits per heavy atom. The maximum absolute atomic E-state index is 3.56. The van der Waals surface area contributed by atoms with Gasteiger partial charge in [-0.25, -0.2) is 0 Å². The maximum Gasteiger partial charge on any atom is 0.0320 e. The summed E-state index contributed by atoms with van der Waals surface area (Å²) in [5, 5.41) is 3.27. The molecule has 0 spiro atoms. The summed E-state index contributed by atoms with van der Waals surface area (Å²) in [6, 6.07) is 6.51. The second-order valence-corrected chi connectivity index (χ2v) is 6.40. The monoisotopic (exact) mass is 396 g/mol. The van der Waals surface area contributed by atoms with Crippen molar-refractivity contribution in [1.82, 2.24) is 10.2 Å². The van der Waals surface area contributed by atoms with Crippen molar-refractivity contribution in [3.05, 3.63) is 32.7 Å². The first kappa shape index (κ1) is 16.4. The summed E-state index contributed by atoms with van der Waals surface area (Å²) in [5.74, 6) is 0.818. The van der Waals surface area contributed by atoms with Crippen molar-refractivity contribution in [1.29, 1.82) is 0 Å². The summed E-state index contributed by atoms with van der Waals surface area (Å²) in [6.45, 7) is 4.64. The van der Waals surface area contributed by atoms with Crippen LogP contribution in [0.2, 0.25) is 0 Å². The summed E-state index contributed by atoms with van der Waals surface area (Å²) < 4.78 is 2.26. The van der Waals surface area contributed by atoms with Gasteiger partial charge in [0, 0.05) is 22.0 Å². The Labute approximate surface area is 132 Å². The van der Waals surface area contributed by atoms with E-state index in [4.69, 9.17) is 0 Å². The van der Waals surface area contributed by atoms with Gasteiger partial charge < -0.3 is 5.32 Å². The number of nitrogens with one attached hydrogen (secondary N) is 1. The molecule has 0 bridgehead atoms. The fraction of sp³-hybridized carbons (Fsp3) is 0.538. The van der Waals surface area contributed by atoms with Crippen LogP contribution in [0.25, 0.3) is 0 Å². The van der Waals surface area contributed by atoms with Crippen LogP contribution in [0.5, 0.6) is 0 Å². The molecule has 0 saturated carbocycles. The molecule has 1 aliphatic rings. The van der Waals surface area contributed by atoms with Gasteiger partial charge in [-0.2, -0.15) is 0 Å². The highest BCUT2D eigenvalue weighted by molar-refractivity contribution is 9.13. The van der Waals surface area contributed by atoms with Crippen LogP contribution >= 0.6 is 44.3 Å². The number of benzene rings is 1. The van der Waals surface area contributed by atoms with E-state index in [1.807, 2.05) is 7.05 Å². The van der Waals surface area contributed by atoms with Crippen LogP contribution in [-0.2, 0) is 6.54 Å². The summed E-state index contributed by atoms with van der Waals surface area (Å²) in [6.07, 6.45) is 1.32. The Morgan fingerprint density at radius 2 is 2.11 bits per heavy atom. The molecule has 0 radical (unpaired) electrons. The topological polar surface area (TPSA) is 15.3 Å². The lowest BCUT2D eigenvalue weighted by Gasteiger charge is -2.16. The Bertz CT molecular complexity index is 387. The van der Waals surface area contributed by atoms with Crippen molar-refractivity contribution >= 4 is 44.3 Å². The number of likely N-dealkylation sites (tertiary alicyclic amines) is 1. The van der Waals surface area contributed by atoms with Gasteiger partial charge in [-0.3, -0.25) is 4.90 Å². The third-order valence-electron chi connectivity index (χ3n) is 3.25. The van der Waals surface area contributed by atoms with Gasteiger partial charge in [-0.05, 0) is 82.0 Å². The third kappa shape index (κ3) is 4.49. The molecule has 18 heavy (non-hydrogen) atoms. The van der Waals surface area contributed by atoms with Crippen molar-refractivity contribution in [2.75, 3.05) is 26.7 Å². The molecular weight excluding hydrogens is 379 g/mol. The molecule has 1 unspecified atom stereocenters. The van der Waals surface area contributed by atoms with Crippen LogP contribution in [0.1, 0.15) is 12.0 Å². The SMILES string of the molecule is CNCC1CCN(Cc2ccc(Br)c(Br)c2)C1.Cl. The molecule has 1 aromatic carbocycles. The molecule has 0 amide bonds. The van der Waals surface area contributed by atoms with Crippen molar-refractivity contribution in [3.8, 4) is 0 Å². The van der Waals surface area contributed by atoms with Crippen LogP contribution in [0.3, 0.4) is 0 Å². The minimum absolute atomic E-state index is 0. The van der Waals surface area contributed by atoms with Gasteiger partial charge in [0.2, 0.25) is 0 Å². The van der Waals surface area contributed by atoms with E-state index < -0.39 is 0 Å². The fourth-order valence-electron chi connectivity index (χ4n) is 2.41. The van der Waals surface area contributed by atoms with Crippen molar-refractivity contribution in [3.63, 3.8) is 0 Å². The molecule has 1 fully saturated rings. The molecule has 1 atom stereocenters. The molecule has 2 nitrogen and oxygen atoms in total. The Morgan fingerprint density at radius 3 is 2.78 bits per heavy atom. The van der Waals surface area contributed by atoms with Crippen LogP contribution in [0.4, 0.5) is 0 Å². The summed E-state index contributed by atoms with van der Waals surface area (Å²) in [5.41, 5.74) is 1.38. The zero-order chi connectivity index (χ0) is 12.3. The van der Waals surface area contributed by atoms with Gasteiger partial charge in [0.05, 0.1) is 0 Å². The van der Waals surface area contributed by atoms with E-state index in [0.29, 0.717) is 0 Å². The number of rotatable bonds is 4. The van der Waals surface area contributed by atoms with Gasteiger partial charge >= 0.3 is 0 Å². The Kier molecular flexibility index (Phi) is 7.17. The van der Waals surface area contributed by atoms with Crippen molar-refractivity contribution in [2.24, 2.45) is 5.92 Å². The highest BCUT2D eigenvalue weighted by atomic mass is 79.9. The average Bonchev–Trinajstić information content (AvgIpc) is 2.72. The predicted octanol–water partition coefficient (Wildman–Crippen LogP) is 3.67. The number of halogens is 3. The number of nitrogens with zero attached hydrogens (tertiary/aromatic N) is 1. The smallest absolute Gasteiger partial charge is 0.0320 e. The second kappa shape index (κ2) is 7.85. The highest BCUT2D eigenvalue weighted by Gasteiger charge is 2.21. The third-order valence-corrected chi connectivity index (χ3v) is 5.13. The van der Waals surface area contributed by atoms with Gasteiger partial charge in [0.1, 0.15) is 0 Å². The molecule has 1 N–H and O–H groups in total. The zero-order valence-corrected chi connectivity index (χ0v) is 14.4. The lowest BCUT2D eigenvalue weighted by Crippen LogP contribution is -2.24. The molecule has 2 rings (SSSR count). The van der Waals surface area contributed by atoms with Crippen LogP contribution in [-0.4, -0.2) is 31.6 Å². The van der Waals surface area contributed by atoms with Gasteiger partial charge in [0.15, 0.2) is 0 Å². The molecule has 1 aliphatic heterocycles. The van der Waals surface area contributed by atoms with Crippen LogP contribution in [0, 0.1) is 5.92 Å². The van der Waals surface area contributed by atoms with E-state index in [1.54, 1.807) is 0 Å². The van der Waals surface area contributed by atoms with Crippen molar-refractivity contribution < 1.29 is 0 Å². The molecule has 102 valence electrons. The normalized spacial score (nSPS) is 19.8. The zero-order valence-electron chi connectivity index (χ0n) is 10.5. The molecular formula is C13H19Br2ClN2. The standard InChI is InChI=1S/C13H18Br2N2.ClH/c1-16-7-11-4-5-17(9-11)8-10-2-3-12(14)13(15)6-10;/h2-3,6,11,16H,4-5,7-9H2,1H3;1H. The molecule has 1 aromatic rings. The van der Waals surface area contributed by atoms with E-state index in [9.17, 15) is 0 Å². The van der Waals surface area contributed by atoms with Gasteiger partial charge in [0.25, 0.3) is 0 Å². The first-order chi connectivity index (χ1) is 8.19. The molecule has 5 heteroatoms. The van der Waals surface area contributed by atoms with E-state index in [1.165, 1.54) is 25.1 Å². The van der Waals surface area contributed by atoms with Gasteiger partial charge in [-0.15, -0.1) is 12.4 Å². The Balaban J connectivity index is 0.00000162. The summed E-state index contributed by atoms with van der Waals surface area (Å²) in [4.78, 5) is 2.54. The molecule has 1 saturated heterocycles. The first-order valence-corrected chi connectivity index (χ1v) is 7.58. The Hall–Kier alpha value is 0.390. The lowest BCUT2D eigenvalue weighted by atomic mass is 10.1. The summed E-state index contributed by atoms with van der Waals surface area (Å²) >= 11 is 7.06. The van der Waals surface area contributed by atoms with E-state index >= 15 is 0 Å². The average molecular weight is 399 g/mol. The number of hydrogen-bond acceptors (Lipinski definition) is 2. The first-order valence-electron chi connectivity index (χ1n) is 6.00. The number of hydrogen-bond donors (Lipinski definition) is 1. The van der Waals surface area contributed by atoms with Gasteiger partial charge in [-0.1, -0.05) is 6.07 Å². The lowest BCUT2D eigenvalue weighted by molar-refractivity contribution is 0.315. The maximum atomic E-state index is 3.56. The molecule has 0 aromatic heterocycles. The van der Waals surface area contributed by atoms with E-state index in [0.717, 1.165) is 28.0 Å². The fourth-order valence-corrected chi connectivity index (χ4v) is 3.08. The molecule has 0 aliphatic carbocycles. The quantitative estimate of drug-likeness (QED) is 0.832. The van der Waals surface area contributed by atoms with Crippen LogP contribution < -0.4 is 5.32 Å². The minimum Gasteiger partial charge on any atom is -0.319 e.